The highest BCUT2D eigenvalue weighted by molar-refractivity contribution is 5.82. The Balaban J connectivity index is 1.89. The highest BCUT2D eigenvalue weighted by atomic mass is 19.1. The molecule has 3 nitrogen and oxygen atoms in total. The molecule has 0 spiro atoms. The lowest BCUT2D eigenvalue weighted by molar-refractivity contribution is -0.132. The van der Waals surface area contributed by atoms with Crippen molar-refractivity contribution in [2.75, 3.05) is 13.1 Å². The van der Waals surface area contributed by atoms with Gasteiger partial charge in [-0.05, 0) is 42.4 Å². The quantitative estimate of drug-likeness (QED) is 0.917. The molecule has 1 saturated heterocycles. The van der Waals surface area contributed by atoms with Crippen LogP contribution in [-0.4, -0.2) is 29.9 Å². The first-order valence-electron chi connectivity index (χ1n) is 7.26. The van der Waals surface area contributed by atoms with E-state index in [2.05, 4.69) is 0 Å². The number of halogens is 1. The van der Waals surface area contributed by atoms with Gasteiger partial charge in [0, 0.05) is 13.1 Å². The summed E-state index contributed by atoms with van der Waals surface area (Å²) in [6.45, 7) is 5.48. The number of hydrogen-bond acceptors (Lipinski definition) is 2. The third-order valence-corrected chi connectivity index (χ3v) is 4.04. The number of nitrogens with zero attached hydrogens (tertiary/aromatic N) is 1. The Kier molecular flexibility index (Phi) is 4.76. The first kappa shape index (κ1) is 15.0. The third kappa shape index (κ3) is 3.57. The zero-order chi connectivity index (χ0) is 14.7. The van der Waals surface area contributed by atoms with Crippen LogP contribution in [0.5, 0.6) is 0 Å². The Morgan fingerprint density at radius 3 is 2.65 bits per heavy atom. The number of likely N-dealkylation sites (tertiary alicyclic amines) is 1. The van der Waals surface area contributed by atoms with Gasteiger partial charge in [-0.25, -0.2) is 4.39 Å². The van der Waals surface area contributed by atoms with Crippen LogP contribution in [0.2, 0.25) is 0 Å². The Bertz CT molecular complexity index is 458. The predicted octanol–water partition coefficient (Wildman–Crippen LogP) is 2.20. The normalized spacial score (nSPS) is 20.4. The van der Waals surface area contributed by atoms with Gasteiger partial charge in [-0.1, -0.05) is 26.0 Å². The van der Waals surface area contributed by atoms with Gasteiger partial charge in [0.1, 0.15) is 5.82 Å². The summed E-state index contributed by atoms with van der Waals surface area (Å²) in [5.74, 6) is 0.462. The van der Waals surface area contributed by atoms with Crippen molar-refractivity contribution < 1.29 is 9.18 Å². The van der Waals surface area contributed by atoms with Gasteiger partial charge in [-0.3, -0.25) is 4.79 Å². The highest BCUT2D eigenvalue weighted by Gasteiger charge is 2.30. The second-order valence-corrected chi connectivity index (χ2v) is 6.04. The van der Waals surface area contributed by atoms with Crippen LogP contribution in [0.4, 0.5) is 4.39 Å². The molecule has 0 bridgehead atoms. The van der Waals surface area contributed by atoms with Crippen molar-refractivity contribution >= 4 is 5.91 Å². The van der Waals surface area contributed by atoms with Crippen LogP contribution >= 0.6 is 0 Å². The largest absolute Gasteiger partial charge is 0.341 e. The first-order valence-corrected chi connectivity index (χ1v) is 7.26. The number of rotatable bonds is 4. The summed E-state index contributed by atoms with van der Waals surface area (Å²) in [6.07, 6.45) is 1.88. The van der Waals surface area contributed by atoms with Crippen LogP contribution in [0.3, 0.4) is 0 Å². The van der Waals surface area contributed by atoms with Crippen molar-refractivity contribution in [2.24, 2.45) is 17.6 Å². The molecular weight excluding hydrogens is 255 g/mol. The topological polar surface area (TPSA) is 46.3 Å². The van der Waals surface area contributed by atoms with E-state index in [0.717, 1.165) is 31.5 Å². The predicted molar refractivity (Wildman–Crippen MR) is 77.6 cm³/mol. The maximum atomic E-state index is 12.9. The number of amides is 1. The van der Waals surface area contributed by atoms with Crippen LogP contribution in [0.15, 0.2) is 24.3 Å². The van der Waals surface area contributed by atoms with Gasteiger partial charge in [-0.2, -0.15) is 0 Å². The fourth-order valence-corrected chi connectivity index (χ4v) is 2.65. The third-order valence-electron chi connectivity index (χ3n) is 4.04. The van der Waals surface area contributed by atoms with E-state index >= 15 is 0 Å². The van der Waals surface area contributed by atoms with Gasteiger partial charge in [0.2, 0.25) is 5.91 Å². The maximum Gasteiger partial charge on any atom is 0.239 e. The molecule has 1 aliphatic rings. The lowest BCUT2D eigenvalue weighted by Crippen LogP contribution is -2.45. The van der Waals surface area contributed by atoms with Crippen LogP contribution in [0, 0.1) is 17.7 Å². The van der Waals surface area contributed by atoms with Crippen LogP contribution in [0.1, 0.15) is 25.8 Å². The minimum atomic E-state index is -0.403. The monoisotopic (exact) mass is 278 g/mol. The van der Waals surface area contributed by atoms with Gasteiger partial charge in [0.25, 0.3) is 0 Å². The molecule has 1 aromatic carbocycles. The zero-order valence-corrected chi connectivity index (χ0v) is 12.2. The Labute approximate surface area is 120 Å². The summed E-state index contributed by atoms with van der Waals surface area (Å²) >= 11 is 0. The standard InChI is InChI=1S/C16H23FN2O/c1-11(2)15(18)16(20)19-8-7-13(10-19)9-12-3-5-14(17)6-4-12/h3-6,11,13,15H,7-10,18H2,1-2H3/t13?,15-/m0/s1. The SMILES string of the molecule is CC(C)[C@H](N)C(=O)N1CCC(Cc2ccc(F)cc2)C1. The molecule has 0 aliphatic carbocycles. The van der Waals surface area contributed by atoms with E-state index in [0.29, 0.717) is 5.92 Å². The van der Waals surface area contributed by atoms with Crippen molar-refractivity contribution in [3.63, 3.8) is 0 Å². The van der Waals surface area contributed by atoms with E-state index in [1.165, 1.54) is 12.1 Å². The van der Waals surface area contributed by atoms with Crippen molar-refractivity contribution in [3.8, 4) is 0 Å². The summed E-state index contributed by atoms with van der Waals surface area (Å²) in [4.78, 5) is 14.1. The number of nitrogens with two attached hydrogens (primary N) is 1. The fourth-order valence-electron chi connectivity index (χ4n) is 2.65. The highest BCUT2D eigenvalue weighted by Crippen LogP contribution is 2.22. The summed E-state index contributed by atoms with van der Waals surface area (Å²) in [5.41, 5.74) is 7.05. The van der Waals surface area contributed by atoms with Crippen LogP contribution < -0.4 is 5.73 Å². The molecule has 1 aromatic rings. The number of carbonyl (C=O) groups is 1. The first-order chi connectivity index (χ1) is 9.47. The fraction of sp³-hybridized carbons (Fsp3) is 0.562. The zero-order valence-electron chi connectivity index (χ0n) is 12.2. The Morgan fingerprint density at radius 1 is 1.40 bits per heavy atom. The summed E-state index contributed by atoms with van der Waals surface area (Å²) in [5, 5.41) is 0. The van der Waals surface area contributed by atoms with Gasteiger partial charge in [0.05, 0.1) is 6.04 Å². The van der Waals surface area contributed by atoms with Crippen molar-refractivity contribution in [2.45, 2.75) is 32.7 Å². The average Bonchev–Trinajstić information content (AvgIpc) is 2.88. The molecule has 0 saturated carbocycles. The number of benzene rings is 1. The number of carbonyl (C=O) groups excluding carboxylic acids is 1. The van der Waals surface area contributed by atoms with Crippen molar-refractivity contribution in [1.29, 1.82) is 0 Å². The van der Waals surface area contributed by atoms with Gasteiger partial charge >= 0.3 is 0 Å². The smallest absolute Gasteiger partial charge is 0.239 e. The van der Waals surface area contributed by atoms with Gasteiger partial charge in [0.15, 0.2) is 0 Å². The molecule has 20 heavy (non-hydrogen) atoms. The van der Waals surface area contributed by atoms with E-state index in [4.69, 9.17) is 5.73 Å². The molecule has 1 aliphatic heterocycles. The van der Waals surface area contributed by atoms with Crippen LogP contribution in [0.25, 0.3) is 0 Å². The molecule has 2 rings (SSSR count). The second-order valence-electron chi connectivity index (χ2n) is 6.04. The van der Waals surface area contributed by atoms with E-state index in [9.17, 15) is 9.18 Å². The van der Waals surface area contributed by atoms with Gasteiger partial charge in [-0.15, -0.1) is 0 Å². The number of hydrogen-bond donors (Lipinski definition) is 1. The Morgan fingerprint density at radius 2 is 2.05 bits per heavy atom. The second kappa shape index (κ2) is 6.35. The molecular formula is C16H23FN2O. The summed E-state index contributed by atoms with van der Waals surface area (Å²) in [7, 11) is 0. The molecule has 1 heterocycles. The van der Waals surface area contributed by atoms with Crippen molar-refractivity contribution in [3.05, 3.63) is 35.6 Å². The summed E-state index contributed by atoms with van der Waals surface area (Å²) in [6, 6.07) is 6.21. The van der Waals surface area contributed by atoms with E-state index in [1.54, 1.807) is 0 Å². The lowest BCUT2D eigenvalue weighted by Gasteiger charge is -2.23. The molecule has 1 fully saturated rings. The molecule has 1 amide bonds. The van der Waals surface area contributed by atoms with E-state index in [-0.39, 0.29) is 17.6 Å². The van der Waals surface area contributed by atoms with E-state index < -0.39 is 6.04 Å². The van der Waals surface area contributed by atoms with Crippen LogP contribution in [-0.2, 0) is 11.2 Å². The average molecular weight is 278 g/mol. The molecule has 0 radical (unpaired) electrons. The van der Waals surface area contributed by atoms with Gasteiger partial charge < -0.3 is 10.6 Å². The minimum Gasteiger partial charge on any atom is -0.341 e. The Hall–Kier alpha value is -1.42. The molecule has 110 valence electrons. The molecule has 4 heteroatoms. The molecule has 0 aromatic heterocycles. The maximum absolute atomic E-state index is 12.9. The molecule has 2 N–H and O–H groups in total. The van der Waals surface area contributed by atoms with E-state index in [1.807, 2.05) is 30.9 Å². The lowest BCUT2D eigenvalue weighted by atomic mass is 9.99. The summed E-state index contributed by atoms with van der Waals surface area (Å²) < 4.78 is 12.9. The van der Waals surface area contributed by atoms with Crippen molar-refractivity contribution in [1.82, 2.24) is 4.90 Å². The minimum absolute atomic E-state index is 0.0570. The molecule has 1 unspecified atom stereocenters. The molecule has 2 atom stereocenters.